The van der Waals surface area contributed by atoms with Gasteiger partial charge in [-0.1, -0.05) is 30.4 Å². The molecule has 0 atom stereocenters. The predicted molar refractivity (Wildman–Crippen MR) is 65.9 cm³/mol. The Kier molecular flexibility index (Phi) is 3.89. The maximum absolute atomic E-state index is 5.46. The molecule has 0 amide bonds. The summed E-state index contributed by atoms with van der Waals surface area (Å²) in [5.74, 6) is 0. The number of rotatable bonds is 4. The van der Waals surface area contributed by atoms with Gasteiger partial charge in [0.15, 0.2) is 0 Å². The monoisotopic (exact) mass is 208 g/mol. The number of benzene rings is 1. The van der Waals surface area contributed by atoms with Crippen molar-refractivity contribution in [1.82, 2.24) is 0 Å². The minimum Gasteiger partial charge on any atom is -0.393 e. The third kappa shape index (κ3) is 3.00. The highest BCUT2D eigenvalue weighted by Gasteiger charge is 2.03. The Morgan fingerprint density at radius 3 is 2.64 bits per heavy atom. The van der Waals surface area contributed by atoms with E-state index in [2.05, 4.69) is 31.0 Å². The highest BCUT2D eigenvalue weighted by Crippen LogP contribution is 2.17. The lowest BCUT2D eigenvalue weighted by Gasteiger charge is -2.20. The molecule has 0 spiro atoms. The molecule has 0 saturated carbocycles. The molecule has 1 rings (SSSR count). The van der Waals surface area contributed by atoms with Crippen molar-refractivity contribution >= 4 is 22.9 Å². The first-order chi connectivity index (χ1) is 6.61. The van der Waals surface area contributed by atoms with Crippen molar-refractivity contribution in [3.8, 4) is 0 Å². The molecule has 0 saturated heterocycles. The van der Waals surface area contributed by atoms with Gasteiger partial charge in [0.05, 0.1) is 4.99 Å². The number of anilines is 1. The van der Waals surface area contributed by atoms with Gasteiger partial charge in [0.25, 0.3) is 0 Å². The first-order valence-electron chi connectivity index (χ1n) is 4.66. The van der Waals surface area contributed by atoms with Gasteiger partial charge in [-0.05, 0) is 18.6 Å². The highest BCUT2D eigenvalue weighted by molar-refractivity contribution is 7.80. The maximum Gasteiger partial charge on any atom is 0.0745 e. The van der Waals surface area contributed by atoms with Crippen LogP contribution < -0.4 is 10.6 Å². The zero-order valence-electron chi connectivity index (χ0n) is 8.66. The number of hydrogen-bond acceptors (Lipinski definition) is 2. The molecule has 1 aromatic carbocycles. The fraction of sp³-hybridized carbons (Fsp3) is 0.364. The minimum atomic E-state index is 0.574. The lowest BCUT2D eigenvalue weighted by Crippen LogP contribution is -2.23. The Labute approximate surface area is 90.7 Å². The lowest BCUT2D eigenvalue weighted by atomic mass is 10.2. The van der Waals surface area contributed by atoms with E-state index in [1.807, 2.05) is 12.1 Å². The third-order valence-electron chi connectivity index (χ3n) is 2.22. The van der Waals surface area contributed by atoms with Crippen molar-refractivity contribution in [1.29, 1.82) is 0 Å². The molecule has 0 aliphatic heterocycles. The molecule has 0 bridgehead atoms. The van der Waals surface area contributed by atoms with Crippen molar-refractivity contribution in [2.75, 3.05) is 18.5 Å². The van der Waals surface area contributed by atoms with E-state index in [1.165, 1.54) is 11.3 Å². The van der Waals surface area contributed by atoms with Crippen LogP contribution in [0.3, 0.4) is 0 Å². The molecule has 3 heteroatoms. The van der Waals surface area contributed by atoms with E-state index in [0.29, 0.717) is 4.99 Å². The van der Waals surface area contributed by atoms with Crippen molar-refractivity contribution in [2.45, 2.75) is 13.3 Å². The Morgan fingerprint density at radius 2 is 2.07 bits per heavy atom. The molecule has 0 aliphatic carbocycles. The van der Waals surface area contributed by atoms with Crippen LogP contribution in [0.5, 0.6) is 0 Å². The fourth-order valence-electron chi connectivity index (χ4n) is 1.39. The van der Waals surface area contributed by atoms with Crippen LogP contribution in [0.25, 0.3) is 0 Å². The summed E-state index contributed by atoms with van der Waals surface area (Å²) in [4.78, 5) is 2.75. The summed E-state index contributed by atoms with van der Waals surface area (Å²) in [5.41, 5.74) is 7.98. The summed E-state index contributed by atoms with van der Waals surface area (Å²) >= 11 is 4.85. The Morgan fingerprint density at radius 1 is 1.43 bits per heavy atom. The van der Waals surface area contributed by atoms with Crippen molar-refractivity contribution in [2.24, 2.45) is 5.73 Å². The van der Waals surface area contributed by atoms with Gasteiger partial charge in [-0.2, -0.15) is 0 Å². The smallest absolute Gasteiger partial charge is 0.0745 e. The van der Waals surface area contributed by atoms with E-state index in [-0.39, 0.29) is 0 Å². The Hall–Kier alpha value is -1.09. The summed E-state index contributed by atoms with van der Waals surface area (Å²) < 4.78 is 0. The molecule has 2 nitrogen and oxygen atoms in total. The molecule has 0 aromatic heterocycles. The minimum absolute atomic E-state index is 0.574. The first-order valence-corrected chi connectivity index (χ1v) is 5.07. The summed E-state index contributed by atoms with van der Waals surface area (Å²) in [6.45, 7) is 2.98. The topological polar surface area (TPSA) is 29.3 Å². The SMILES string of the molecule is Cc1ccccc1N(C)CCC(N)=S. The third-order valence-corrected chi connectivity index (χ3v) is 2.42. The van der Waals surface area contributed by atoms with Gasteiger partial charge in [-0.3, -0.25) is 0 Å². The molecule has 2 N–H and O–H groups in total. The number of thiocarbonyl (C=S) groups is 1. The number of aryl methyl sites for hydroxylation is 1. The summed E-state index contributed by atoms with van der Waals surface area (Å²) in [7, 11) is 2.06. The van der Waals surface area contributed by atoms with Crippen LogP contribution in [-0.2, 0) is 0 Å². The van der Waals surface area contributed by atoms with Gasteiger partial charge in [0, 0.05) is 25.7 Å². The number of nitrogens with zero attached hydrogens (tertiary/aromatic N) is 1. The lowest BCUT2D eigenvalue weighted by molar-refractivity contribution is 0.916. The molecule has 0 radical (unpaired) electrons. The maximum atomic E-state index is 5.46. The summed E-state index contributed by atoms with van der Waals surface area (Å²) in [6.07, 6.45) is 0.764. The van der Waals surface area contributed by atoms with E-state index < -0.39 is 0 Å². The second kappa shape index (κ2) is 4.96. The molecular formula is C11H16N2S. The Balaban J connectivity index is 2.65. The quantitative estimate of drug-likeness (QED) is 0.768. The molecule has 14 heavy (non-hydrogen) atoms. The van der Waals surface area contributed by atoms with Crippen molar-refractivity contribution in [3.05, 3.63) is 29.8 Å². The largest absolute Gasteiger partial charge is 0.393 e. The van der Waals surface area contributed by atoms with E-state index in [0.717, 1.165) is 13.0 Å². The molecule has 0 heterocycles. The molecule has 1 aromatic rings. The van der Waals surface area contributed by atoms with Gasteiger partial charge in [0.2, 0.25) is 0 Å². The average Bonchev–Trinajstić information content (AvgIpc) is 2.15. The average molecular weight is 208 g/mol. The van der Waals surface area contributed by atoms with Crippen LogP contribution in [-0.4, -0.2) is 18.6 Å². The van der Waals surface area contributed by atoms with Crippen LogP contribution in [0.4, 0.5) is 5.69 Å². The van der Waals surface area contributed by atoms with Crippen LogP contribution in [0.2, 0.25) is 0 Å². The molecular weight excluding hydrogens is 192 g/mol. The van der Waals surface area contributed by atoms with E-state index >= 15 is 0 Å². The zero-order chi connectivity index (χ0) is 10.6. The van der Waals surface area contributed by atoms with Gasteiger partial charge in [0.1, 0.15) is 0 Å². The van der Waals surface area contributed by atoms with Crippen LogP contribution in [0.15, 0.2) is 24.3 Å². The highest BCUT2D eigenvalue weighted by atomic mass is 32.1. The van der Waals surface area contributed by atoms with Gasteiger partial charge in [-0.25, -0.2) is 0 Å². The first kappa shape index (κ1) is 11.0. The number of para-hydroxylation sites is 1. The van der Waals surface area contributed by atoms with E-state index in [9.17, 15) is 0 Å². The standard InChI is InChI=1S/C11H16N2S/c1-9-5-3-4-6-10(9)13(2)8-7-11(12)14/h3-6H,7-8H2,1-2H3,(H2,12,14). The van der Waals surface area contributed by atoms with Crippen LogP contribution in [0, 0.1) is 6.92 Å². The molecule has 0 fully saturated rings. The van der Waals surface area contributed by atoms with Crippen LogP contribution in [0.1, 0.15) is 12.0 Å². The number of nitrogens with two attached hydrogens (primary N) is 1. The second-order valence-corrected chi connectivity index (χ2v) is 3.95. The zero-order valence-corrected chi connectivity index (χ0v) is 9.47. The van der Waals surface area contributed by atoms with Gasteiger partial charge < -0.3 is 10.6 Å². The van der Waals surface area contributed by atoms with Crippen molar-refractivity contribution in [3.63, 3.8) is 0 Å². The van der Waals surface area contributed by atoms with E-state index in [1.54, 1.807) is 0 Å². The van der Waals surface area contributed by atoms with Crippen LogP contribution >= 0.6 is 12.2 Å². The fourth-order valence-corrected chi connectivity index (χ4v) is 1.48. The number of hydrogen-bond donors (Lipinski definition) is 1. The summed E-state index contributed by atoms with van der Waals surface area (Å²) in [5, 5.41) is 0. The van der Waals surface area contributed by atoms with Crippen molar-refractivity contribution < 1.29 is 0 Å². The van der Waals surface area contributed by atoms with E-state index in [4.69, 9.17) is 18.0 Å². The van der Waals surface area contributed by atoms with Gasteiger partial charge in [-0.15, -0.1) is 0 Å². The summed E-state index contributed by atoms with van der Waals surface area (Å²) in [6, 6.07) is 8.29. The molecule has 0 aliphatic rings. The molecule has 0 unspecified atom stereocenters. The second-order valence-electron chi connectivity index (χ2n) is 3.42. The molecule has 76 valence electrons. The Bertz CT molecular complexity index is 323. The predicted octanol–water partition coefficient (Wildman–Crippen LogP) is 2.11. The van der Waals surface area contributed by atoms with Gasteiger partial charge >= 0.3 is 0 Å². The normalized spacial score (nSPS) is 9.86.